The fraction of sp³-hybridized carbons (Fsp3) is 0.0526. The van der Waals surface area contributed by atoms with Crippen molar-refractivity contribution in [3.8, 4) is 0 Å². The van der Waals surface area contributed by atoms with Crippen LogP contribution < -0.4 is 4.31 Å². The average molecular weight is 359 g/mol. The molecule has 0 radical (unpaired) electrons. The molecule has 3 aromatic rings. The molecular weight excluding hydrogens is 344 g/mol. The molecule has 25 heavy (non-hydrogen) atoms. The summed E-state index contributed by atoms with van der Waals surface area (Å²) in [6, 6.07) is 18.8. The monoisotopic (exact) mass is 359 g/mol. The van der Waals surface area contributed by atoms with E-state index in [1.165, 1.54) is 48.5 Å². The molecule has 0 aliphatic heterocycles. The van der Waals surface area contributed by atoms with Crippen molar-refractivity contribution in [1.29, 1.82) is 0 Å². The average Bonchev–Trinajstić information content (AvgIpc) is 2.60. The first-order valence-corrected chi connectivity index (χ1v) is 8.98. The summed E-state index contributed by atoms with van der Waals surface area (Å²) >= 11 is 0. The van der Waals surface area contributed by atoms with Gasteiger partial charge in [0.25, 0.3) is 10.0 Å². The lowest BCUT2D eigenvalue weighted by Gasteiger charge is -2.25. The summed E-state index contributed by atoms with van der Waals surface area (Å²) in [4.78, 5) is 0.0793. The van der Waals surface area contributed by atoms with Crippen LogP contribution in [0.5, 0.6) is 0 Å². The molecule has 6 heteroatoms. The van der Waals surface area contributed by atoms with E-state index in [9.17, 15) is 17.2 Å². The van der Waals surface area contributed by atoms with Crippen LogP contribution in [0.4, 0.5) is 14.5 Å². The Balaban J connectivity index is 2.09. The lowest BCUT2D eigenvalue weighted by molar-refractivity contribution is 0.589. The first-order valence-electron chi connectivity index (χ1n) is 7.54. The number of rotatable bonds is 5. The molecule has 3 nitrogen and oxygen atoms in total. The molecular formula is C19H15F2NO2S. The van der Waals surface area contributed by atoms with Gasteiger partial charge in [-0.2, -0.15) is 0 Å². The van der Waals surface area contributed by atoms with Gasteiger partial charge in [-0.1, -0.05) is 36.4 Å². The number of halogens is 2. The lowest BCUT2D eigenvalue weighted by atomic mass is 10.2. The quantitative estimate of drug-likeness (QED) is 0.679. The zero-order valence-corrected chi connectivity index (χ0v) is 14.0. The summed E-state index contributed by atoms with van der Waals surface area (Å²) in [6.07, 6.45) is 0. The van der Waals surface area contributed by atoms with Crippen molar-refractivity contribution in [2.75, 3.05) is 4.31 Å². The third-order valence-electron chi connectivity index (χ3n) is 3.64. The Kier molecular flexibility index (Phi) is 4.81. The summed E-state index contributed by atoms with van der Waals surface area (Å²) < 4.78 is 54.3. The predicted octanol–water partition coefficient (Wildman–Crippen LogP) is 4.36. The molecule has 0 spiro atoms. The number of anilines is 1. The molecule has 0 saturated heterocycles. The molecule has 3 aromatic carbocycles. The summed E-state index contributed by atoms with van der Waals surface area (Å²) in [7, 11) is -3.94. The summed E-state index contributed by atoms with van der Waals surface area (Å²) in [5, 5.41) is 0. The maximum absolute atomic E-state index is 13.6. The highest BCUT2D eigenvalue weighted by atomic mass is 32.2. The van der Waals surface area contributed by atoms with Gasteiger partial charge in [0.15, 0.2) is 0 Å². The Morgan fingerprint density at radius 3 is 2.04 bits per heavy atom. The van der Waals surface area contributed by atoms with E-state index in [0.717, 1.165) is 10.4 Å². The fourth-order valence-electron chi connectivity index (χ4n) is 2.47. The van der Waals surface area contributed by atoms with E-state index in [1.807, 2.05) is 0 Å². The van der Waals surface area contributed by atoms with Gasteiger partial charge in [-0.3, -0.25) is 4.31 Å². The topological polar surface area (TPSA) is 37.4 Å². The molecule has 0 heterocycles. The second-order valence-corrected chi connectivity index (χ2v) is 7.30. The van der Waals surface area contributed by atoms with E-state index in [4.69, 9.17) is 0 Å². The molecule has 3 rings (SSSR count). The maximum Gasteiger partial charge on any atom is 0.264 e. The summed E-state index contributed by atoms with van der Waals surface area (Å²) in [6.45, 7) is -0.113. The van der Waals surface area contributed by atoms with Crippen LogP contribution in [0.2, 0.25) is 0 Å². The molecule has 0 atom stereocenters. The second-order valence-electron chi connectivity index (χ2n) is 5.43. The van der Waals surface area contributed by atoms with Crippen molar-refractivity contribution in [2.45, 2.75) is 11.4 Å². The molecule has 128 valence electrons. The van der Waals surface area contributed by atoms with E-state index in [2.05, 4.69) is 0 Å². The highest BCUT2D eigenvalue weighted by Gasteiger charge is 2.25. The van der Waals surface area contributed by atoms with Crippen LogP contribution in [0.25, 0.3) is 0 Å². The van der Waals surface area contributed by atoms with Crippen LogP contribution in [-0.4, -0.2) is 8.42 Å². The van der Waals surface area contributed by atoms with Crippen molar-refractivity contribution >= 4 is 15.7 Å². The van der Waals surface area contributed by atoms with Crippen LogP contribution in [0, 0.1) is 11.6 Å². The van der Waals surface area contributed by atoms with Crippen LogP contribution in [0.15, 0.2) is 83.8 Å². The smallest absolute Gasteiger partial charge is 0.262 e. The molecule has 0 saturated carbocycles. The summed E-state index contributed by atoms with van der Waals surface area (Å²) in [5.74, 6) is -1.01. The Morgan fingerprint density at radius 2 is 1.40 bits per heavy atom. The normalized spacial score (nSPS) is 11.3. The van der Waals surface area contributed by atoms with E-state index in [1.54, 1.807) is 24.3 Å². The van der Waals surface area contributed by atoms with E-state index in [-0.39, 0.29) is 17.1 Å². The van der Waals surface area contributed by atoms with Crippen LogP contribution in [0.1, 0.15) is 5.56 Å². The van der Waals surface area contributed by atoms with Gasteiger partial charge in [-0.25, -0.2) is 17.2 Å². The first-order chi connectivity index (χ1) is 12.0. The largest absolute Gasteiger partial charge is 0.264 e. The van der Waals surface area contributed by atoms with Gasteiger partial charge in [0.05, 0.1) is 17.1 Å². The molecule has 0 fully saturated rings. The Hall–Kier alpha value is -2.73. The van der Waals surface area contributed by atoms with Gasteiger partial charge in [-0.15, -0.1) is 0 Å². The minimum atomic E-state index is -3.94. The van der Waals surface area contributed by atoms with Gasteiger partial charge >= 0.3 is 0 Å². The van der Waals surface area contributed by atoms with Crippen molar-refractivity contribution in [3.63, 3.8) is 0 Å². The van der Waals surface area contributed by atoms with Gasteiger partial charge < -0.3 is 0 Å². The molecule has 0 aromatic heterocycles. The van der Waals surface area contributed by atoms with Crippen molar-refractivity contribution < 1.29 is 17.2 Å². The van der Waals surface area contributed by atoms with E-state index in [0.29, 0.717) is 5.56 Å². The SMILES string of the molecule is O=S(=O)(c1ccccc1)N(Cc1cccc(F)c1)c1cccc(F)c1. The van der Waals surface area contributed by atoms with Gasteiger partial charge in [-0.05, 0) is 48.0 Å². The van der Waals surface area contributed by atoms with Gasteiger partial charge in [0, 0.05) is 0 Å². The summed E-state index contributed by atoms with van der Waals surface area (Å²) in [5.41, 5.74) is 0.636. The third kappa shape index (κ3) is 3.85. The molecule has 0 aliphatic carbocycles. The van der Waals surface area contributed by atoms with Crippen LogP contribution in [0.3, 0.4) is 0 Å². The standard InChI is InChI=1S/C19H15F2NO2S/c20-16-7-4-6-15(12-16)14-22(18-9-5-8-17(21)13-18)25(23,24)19-10-2-1-3-11-19/h1-13H,14H2. The zero-order chi connectivity index (χ0) is 17.9. The number of hydrogen-bond acceptors (Lipinski definition) is 2. The highest BCUT2D eigenvalue weighted by Crippen LogP contribution is 2.26. The minimum Gasteiger partial charge on any atom is -0.262 e. The number of hydrogen-bond donors (Lipinski definition) is 0. The lowest BCUT2D eigenvalue weighted by Crippen LogP contribution is -2.30. The third-order valence-corrected chi connectivity index (χ3v) is 5.43. The molecule has 0 bridgehead atoms. The zero-order valence-electron chi connectivity index (χ0n) is 13.1. The molecule has 0 unspecified atom stereocenters. The van der Waals surface area contributed by atoms with E-state index < -0.39 is 21.7 Å². The molecule has 0 amide bonds. The molecule has 0 N–H and O–H groups in total. The van der Waals surface area contributed by atoms with Gasteiger partial charge in [0.1, 0.15) is 11.6 Å². The first kappa shape index (κ1) is 17.1. The minimum absolute atomic E-state index is 0.0793. The number of nitrogens with zero attached hydrogens (tertiary/aromatic N) is 1. The number of sulfonamides is 1. The molecule has 0 aliphatic rings. The van der Waals surface area contributed by atoms with Crippen LogP contribution >= 0.6 is 0 Å². The predicted molar refractivity (Wildman–Crippen MR) is 92.6 cm³/mol. The Labute approximate surface area is 145 Å². The van der Waals surface area contributed by atoms with Crippen molar-refractivity contribution in [1.82, 2.24) is 0 Å². The van der Waals surface area contributed by atoms with E-state index >= 15 is 0 Å². The van der Waals surface area contributed by atoms with Crippen LogP contribution in [-0.2, 0) is 16.6 Å². The Bertz CT molecular complexity index is 975. The van der Waals surface area contributed by atoms with Crippen molar-refractivity contribution in [3.05, 3.63) is 96.1 Å². The maximum atomic E-state index is 13.6. The van der Waals surface area contributed by atoms with Gasteiger partial charge in [0.2, 0.25) is 0 Å². The fourth-order valence-corrected chi connectivity index (χ4v) is 3.93. The Morgan fingerprint density at radius 1 is 0.760 bits per heavy atom. The highest BCUT2D eigenvalue weighted by molar-refractivity contribution is 7.92. The second kappa shape index (κ2) is 7.03. The van der Waals surface area contributed by atoms with Crippen molar-refractivity contribution in [2.24, 2.45) is 0 Å². The number of benzene rings is 3.